The molecule has 0 fully saturated rings. The summed E-state index contributed by atoms with van der Waals surface area (Å²) in [5.41, 5.74) is 0.791. The molecule has 0 saturated carbocycles. The summed E-state index contributed by atoms with van der Waals surface area (Å²) in [6, 6.07) is 5.85. The number of rotatable bonds is 1. The van der Waals surface area contributed by atoms with Gasteiger partial charge in [-0.2, -0.15) is 0 Å². The molecular formula is C11H14Br2O. The van der Waals surface area contributed by atoms with Crippen LogP contribution in [0.4, 0.5) is 0 Å². The Hall–Kier alpha value is 0.140. The van der Waals surface area contributed by atoms with E-state index in [1.165, 1.54) is 0 Å². The molecule has 0 aliphatic rings. The van der Waals surface area contributed by atoms with Crippen LogP contribution in [-0.4, -0.2) is 5.11 Å². The van der Waals surface area contributed by atoms with Gasteiger partial charge in [0.05, 0.1) is 6.10 Å². The molecule has 0 aliphatic carbocycles. The fourth-order valence-electron chi connectivity index (χ4n) is 1.23. The highest BCUT2D eigenvalue weighted by molar-refractivity contribution is 9.11. The summed E-state index contributed by atoms with van der Waals surface area (Å²) >= 11 is 6.81. The SMILES string of the molecule is CC(C)(C)C(O)c1cc(Br)cc(Br)c1. The van der Waals surface area contributed by atoms with Crippen molar-refractivity contribution in [2.75, 3.05) is 0 Å². The average Bonchev–Trinajstić information content (AvgIpc) is 1.99. The number of benzene rings is 1. The largest absolute Gasteiger partial charge is 0.388 e. The van der Waals surface area contributed by atoms with Crippen LogP contribution < -0.4 is 0 Å². The van der Waals surface area contributed by atoms with E-state index in [9.17, 15) is 5.11 Å². The van der Waals surface area contributed by atoms with Crippen molar-refractivity contribution in [1.29, 1.82) is 0 Å². The molecule has 0 radical (unpaired) electrons. The molecule has 1 rings (SSSR count). The maximum atomic E-state index is 10.1. The van der Waals surface area contributed by atoms with Crippen LogP contribution in [0.1, 0.15) is 32.4 Å². The highest BCUT2D eigenvalue weighted by Gasteiger charge is 2.24. The van der Waals surface area contributed by atoms with E-state index in [0.717, 1.165) is 14.5 Å². The molecule has 78 valence electrons. The Morgan fingerprint density at radius 3 is 1.86 bits per heavy atom. The van der Waals surface area contributed by atoms with E-state index in [1.807, 2.05) is 39.0 Å². The molecule has 14 heavy (non-hydrogen) atoms. The van der Waals surface area contributed by atoms with Crippen molar-refractivity contribution >= 4 is 31.9 Å². The fraction of sp³-hybridized carbons (Fsp3) is 0.455. The number of hydrogen-bond donors (Lipinski definition) is 1. The van der Waals surface area contributed by atoms with E-state index in [4.69, 9.17) is 0 Å². The first-order valence-corrected chi connectivity index (χ1v) is 6.03. The van der Waals surface area contributed by atoms with E-state index in [0.29, 0.717) is 0 Å². The van der Waals surface area contributed by atoms with E-state index < -0.39 is 6.10 Å². The molecule has 3 heteroatoms. The second-order valence-corrected chi connectivity index (χ2v) is 6.30. The first-order valence-electron chi connectivity index (χ1n) is 4.45. The molecular weight excluding hydrogens is 308 g/mol. The second-order valence-electron chi connectivity index (χ2n) is 4.47. The van der Waals surface area contributed by atoms with Crippen molar-refractivity contribution in [1.82, 2.24) is 0 Å². The third-order valence-corrected chi connectivity index (χ3v) is 2.94. The molecule has 0 spiro atoms. The summed E-state index contributed by atoms with van der Waals surface area (Å²) in [4.78, 5) is 0. The number of aliphatic hydroxyl groups excluding tert-OH is 1. The van der Waals surface area contributed by atoms with E-state index >= 15 is 0 Å². The maximum Gasteiger partial charge on any atom is 0.0839 e. The molecule has 0 aliphatic heterocycles. The van der Waals surface area contributed by atoms with Gasteiger partial charge in [0.2, 0.25) is 0 Å². The zero-order valence-electron chi connectivity index (χ0n) is 8.51. The Balaban J connectivity index is 3.07. The molecule has 0 bridgehead atoms. The van der Waals surface area contributed by atoms with E-state index in [1.54, 1.807) is 0 Å². The van der Waals surface area contributed by atoms with Crippen molar-refractivity contribution < 1.29 is 5.11 Å². The van der Waals surface area contributed by atoms with Crippen molar-refractivity contribution in [3.63, 3.8) is 0 Å². The molecule has 0 aromatic heterocycles. The van der Waals surface area contributed by atoms with Gasteiger partial charge >= 0.3 is 0 Å². The minimum absolute atomic E-state index is 0.139. The lowest BCUT2D eigenvalue weighted by atomic mass is 9.85. The normalized spacial score (nSPS) is 14.1. The highest BCUT2D eigenvalue weighted by atomic mass is 79.9. The standard InChI is InChI=1S/C11H14Br2O/c1-11(2,3)10(14)7-4-8(12)6-9(13)5-7/h4-6,10,14H,1-3H3. The van der Waals surface area contributed by atoms with Crippen molar-refractivity contribution in [2.45, 2.75) is 26.9 Å². The van der Waals surface area contributed by atoms with Gasteiger partial charge in [0, 0.05) is 8.95 Å². The molecule has 0 saturated heterocycles. The summed E-state index contributed by atoms with van der Waals surface area (Å²) in [6.45, 7) is 6.06. The van der Waals surface area contributed by atoms with Crippen LogP contribution in [0.15, 0.2) is 27.1 Å². The smallest absolute Gasteiger partial charge is 0.0839 e. The van der Waals surface area contributed by atoms with Crippen LogP contribution in [0.25, 0.3) is 0 Å². The average molecular weight is 322 g/mol. The summed E-state index contributed by atoms with van der Waals surface area (Å²) in [7, 11) is 0. The summed E-state index contributed by atoms with van der Waals surface area (Å²) in [5, 5.41) is 10.1. The predicted molar refractivity (Wildman–Crippen MR) is 66.3 cm³/mol. The topological polar surface area (TPSA) is 20.2 Å². The van der Waals surface area contributed by atoms with Crippen LogP contribution in [0, 0.1) is 5.41 Å². The lowest BCUT2D eigenvalue weighted by Gasteiger charge is -2.26. The summed E-state index contributed by atoms with van der Waals surface area (Å²) < 4.78 is 1.95. The molecule has 1 unspecified atom stereocenters. The minimum Gasteiger partial charge on any atom is -0.388 e. The molecule has 1 aromatic rings. The number of halogens is 2. The van der Waals surface area contributed by atoms with Gasteiger partial charge in [-0.15, -0.1) is 0 Å². The van der Waals surface area contributed by atoms with Gasteiger partial charge in [0.15, 0.2) is 0 Å². The van der Waals surface area contributed by atoms with Crippen molar-refractivity contribution in [3.8, 4) is 0 Å². The maximum absolute atomic E-state index is 10.1. The molecule has 1 N–H and O–H groups in total. The Kier molecular flexibility index (Phi) is 3.78. The zero-order valence-corrected chi connectivity index (χ0v) is 11.7. The molecule has 1 nitrogen and oxygen atoms in total. The third kappa shape index (κ3) is 3.07. The van der Waals surface area contributed by atoms with Gasteiger partial charge in [-0.3, -0.25) is 0 Å². The van der Waals surface area contributed by atoms with Crippen molar-refractivity contribution in [3.05, 3.63) is 32.7 Å². The van der Waals surface area contributed by atoms with Gasteiger partial charge in [-0.1, -0.05) is 52.6 Å². The quantitative estimate of drug-likeness (QED) is 0.818. The van der Waals surface area contributed by atoms with Crippen LogP contribution in [0.3, 0.4) is 0 Å². The molecule has 0 amide bonds. The Morgan fingerprint density at radius 2 is 1.50 bits per heavy atom. The van der Waals surface area contributed by atoms with Gasteiger partial charge in [-0.05, 0) is 29.2 Å². The second kappa shape index (κ2) is 4.33. The third-order valence-electron chi connectivity index (χ3n) is 2.02. The van der Waals surface area contributed by atoms with Crippen LogP contribution >= 0.6 is 31.9 Å². The molecule has 0 heterocycles. The Morgan fingerprint density at radius 1 is 1.07 bits per heavy atom. The van der Waals surface area contributed by atoms with Gasteiger partial charge in [-0.25, -0.2) is 0 Å². The molecule has 1 aromatic carbocycles. The Labute approximate surface area is 102 Å². The van der Waals surface area contributed by atoms with Crippen LogP contribution in [0.2, 0.25) is 0 Å². The predicted octanol–water partition coefficient (Wildman–Crippen LogP) is 4.29. The van der Waals surface area contributed by atoms with Crippen molar-refractivity contribution in [2.24, 2.45) is 5.41 Å². The van der Waals surface area contributed by atoms with Gasteiger partial charge < -0.3 is 5.11 Å². The van der Waals surface area contributed by atoms with Crippen LogP contribution in [0.5, 0.6) is 0 Å². The highest BCUT2D eigenvalue weighted by Crippen LogP contribution is 2.34. The van der Waals surface area contributed by atoms with Gasteiger partial charge in [0.1, 0.15) is 0 Å². The number of hydrogen-bond acceptors (Lipinski definition) is 1. The fourth-order valence-corrected chi connectivity index (χ4v) is 2.56. The van der Waals surface area contributed by atoms with E-state index in [2.05, 4.69) is 31.9 Å². The first kappa shape index (κ1) is 12.2. The van der Waals surface area contributed by atoms with Crippen LogP contribution in [-0.2, 0) is 0 Å². The Bertz CT molecular complexity index is 308. The minimum atomic E-state index is -0.448. The summed E-state index contributed by atoms with van der Waals surface area (Å²) in [5.74, 6) is 0. The summed E-state index contributed by atoms with van der Waals surface area (Å²) in [6.07, 6.45) is -0.448. The molecule has 1 atom stereocenters. The lowest BCUT2D eigenvalue weighted by molar-refractivity contribution is 0.0626. The monoisotopic (exact) mass is 320 g/mol. The first-order chi connectivity index (χ1) is 6.30. The number of aliphatic hydroxyl groups is 1. The van der Waals surface area contributed by atoms with E-state index in [-0.39, 0.29) is 5.41 Å². The lowest BCUT2D eigenvalue weighted by Crippen LogP contribution is -2.17. The zero-order chi connectivity index (χ0) is 10.9. The van der Waals surface area contributed by atoms with Gasteiger partial charge in [0.25, 0.3) is 0 Å².